The van der Waals surface area contributed by atoms with Crippen molar-refractivity contribution < 1.29 is 4.74 Å². The first-order chi connectivity index (χ1) is 8.61. The second-order valence-corrected chi connectivity index (χ2v) is 9.63. The predicted octanol–water partition coefficient (Wildman–Crippen LogP) is 4.72. The average molecular weight is 285 g/mol. The van der Waals surface area contributed by atoms with E-state index in [2.05, 4.69) is 46.0 Å². The summed E-state index contributed by atoms with van der Waals surface area (Å²) in [5, 5.41) is 1.82. The van der Waals surface area contributed by atoms with Crippen molar-refractivity contribution in [2.45, 2.75) is 65.8 Å². The van der Waals surface area contributed by atoms with Crippen LogP contribution in [0.15, 0.2) is 0 Å². The van der Waals surface area contributed by atoms with Gasteiger partial charge >= 0.3 is 0 Å². The second-order valence-electron chi connectivity index (χ2n) is 5.10. The van der Waals surface area contributed by atoms with Crippen molar-refractivity contribution in [3.8, 4) is 0 Å². The zero-order chi connectivity index (χ0) is 13.5. The van der Waals surface area contributed by atoms with E-state index in [4.69, 9.17) is 4.74 Å². The summed E-state index contributed by atoms with van der Waals surface area (Å²) < 4.78 is 7.18. The highest BCUT2D eigenvalue weighted by Gasteiger charge is 2.18. The first-order valence-electron chi connectivity index (χ1n) is 7.28. The molecule has 0 aliphatic carbocycles. The molecular formula is C15H28OSSi. The molecule has 0 fully saturated rings. The molecule has 18 heavy (non-hydrogen) atoms. The highest BCUT2D eigenvalue weighted by Crippen LogP contribution is 2.30. The molecule has 0 N–H and O–H groups in total. The maximum absolute atomic E-state index is 5.48. The Bertz CT molecular complexity index is 360. The Balaban J connectivity index is 2.75. The van der Waals surface area contributed by atoms with Crippen LogP contribution in [0, 0.1) is 13.8 Å². The van der Waals surface area contributed by atoms with Crippen LogP contribution in [0.2, 0.25) is 0 Å². The predicted molar refractivity (Wildman–Crippen MR) is 84.2 cm³/mol. The lowest BCUT2D eigenvalue weighted by Gasteiger charge is -2.14. The van der Waals surface area contributed by atoms with Crippen LogP contribution >= 0.6 is 11.3 Å². The molecule has 0 aromatic carbocycles. The van der Waals surface area contributed by atoms with Crippen molar-refractivity contribution >= 4 is 19.7 Å². The number of rotatable bonds is 8. The summed E-state index contributed by atoms with van der Waals surface area (Å²) in [6.07, 6.45) is 3.88. The van der Waals surface area contributed by atoms with Crippen molar-refractivity contribution in [1.82, 2.24) is 0 Å². The topological polar surface area (TPSA) is 9.23 Å². The average Bonchev–Trinajstić information content (AvgIpc) is 2.60. The minimum Gasteiger partial charge on any atom is -0.382 e. The van der Waals surface area contributed by atoms with Crippen LogP contribution in [0.1, 0.15) is 60.5 Å². The lowest BCUT2D eigenvalue weighted by Crippen LogP contribution is -2.12. The quantitative estimate of drug-likeness (QED) is 0.496. The molecule has 3 heteroatoms. The maximum Gasteiger partial charge on any atom is 0.0582 e. The molecule has 1 heterocycles. The van der Waals surface area contributed by atoms with Crippen LogP contribution in [0.4, 0.5) is 0 Å². The van der Waals surface area contributed by atoms with Crippen LogP contribution in [0.3, 0.4) is 0 Å². The van der Waals surface area contributed by atoms with E-state index in [1.165, 1.54) is 25.3 Å². The minimum atomic E-state index is -0.399. The largest absolute Gasteiger partial charge is 0.382 e. The highest BCUT2D eigenvalue weighted by atomic mass is 32.1. The number of hydrogen-bond donors (Lipinski definition) is 0. The Hall–Kier alpha value is 0.00688. The first-order valence-corrected chi connectivity index (χ1v) is 9.80. The van der Waals surface area contributed by atoms with Gasteiger partial charge in [-0.25, -0.2) is 0 Å². The smallest absolute Gasteiger partial charge is 0.0582 e. The minimum absolute atomic E-state index is 0.399. The van der Waals surface area contributed by atoms with Gasteiger partial charge in [0.05, 0.1) is 8.40 Å². The molecule has 104 valence electrons. The molecule has 0 aliphatic heterocycles. The van der Waals surface area contributed by atoms with Gasteiger partial charge in [0.2, 0.25) is 0 Å². The fourth-order valence-electron chi connectivity index (χ4n) is 2.78. The van der Waals surface area contributed by atoms with Crippen LogP contribution in [-0.2, 0) is 10.8 Å². The molecule has 1 nitrogen and oxygen atoms in total. The van der Waals surface area contributed by atoms with Crippen molar-refractivity contribution in [3.05, 3.63) is 14.5 Å². The summed E-state index contributed by atoms with van der Waals surface area (Å²) in [7, 11) is -0.399. The van der Waals surface area contributed by atoms with E-state index in [1.54, 1.807) is 9.37 Å². The summed E-state index contributed by atoms with van der Waals surface area (Å²) in [6.45, 7) is 13.3. The lowest BCUT2D eigenvalue weighted by atomic mass is 10.0. The van der Waals surface area contributed by atoms with Gasteiger partial charge < -0.3 is 4.74 Å². The number of hydrogen-bond acceptors (Lipinski definition) is 2. The molecule has 1 atom stereocenters. The van der Waals surface area contributed by atoms with Gasteiger partial charge in [0, 0.05) is 18.1 Å². The number of ether oxygens (including phenoxy) is 1. The third-order valence-corrected chi connectivity index (χ3v) is 8.85. The molecular weight excluding hydrogens is 256 g/mol. The van der Waals surface area contributed by atoms with Gasteiger partial charge in [-0.1, -0.05) is 20.3 Å². The van der Waals surface area contributed by atoms with Crippen LogP contribution < -0.4 is 0 Å². The van der Waals surface area contributed by atoms with Crippen molar-refractivity contribution in [1.29, 1.82) is 0 Å². The zero-order valence-electron chi connectivity index (χ0n) is 12.6. The van der Waals surface area contributed by atoms with Crippen molar-refractivity contribution in [2.75, 3.05) is 13.2 Å². The summed E-state index contributed by atoms with van der Waals surface area (Å²) in [4.78, 5) is 1.61. The van der Waals surface area contributed by atoms with E-state index >= 15 is 0 Å². The Morgan fingerprint density at radius 3 is 2.61 bits per heavy atom. The molecule has 0 bridgehead atoms. The van der Waals surface area contributed by atoms with Crippen molar-refractivity contribution in [2.24, 2.45) is 0 Å². The molecule has 1 unspecified atom stereocenters. The molecule has 0 saturated heterocycles. The van der Waals surface area contributed by atoms with Crippen LogP contribution in [0.5, 0.6) is 0 Å². The third kappa shape index (κ3) is 4.28. The molecule has 1 aromatic rings. The van der Waals surface area contributed by atoms with Gasteiger partial charge in [0.15, 0.2) is 0 Å². The van der Waals surface area contributed by atoms with E-state index in [9.17, 15) is 0 Å². The van der Waals surface area contributed by atoms with Gasteiger partial charge in [0.25, 0.3) is 0 Å². The van der Waals surface area contributed by atoms with E-state index in [1.807, 2.05) is 5.17 Å². The lowest BCUT2D eigenvalue weighted by molar-refractivity contribution is 0.146. The molecule has 0 spiro atoms. The molecule has 0 aliphatic rings. The summed E-state index contributed by atoms with van der Waals surface area (Å²) in [5.74, 6) is 0.793. The maximum atomic E-state index is 5.48. The van der Waals surface area contributed by atoms with Crippen LogP contribution in [0.25, 0.3) is 0 Å². The van der Waals surface area contributed by atoms with Crippen LogP contribution in [-0.4, -0.2) is 21.6 Å². The third-order valence-electron chi connectivity index (χ3n) is 3.57. The fourth-order valence-corrected chi connectivity index (χ4v) is 8.32. The van der Waals surface area contributed by atoms with Gasteiger partial charge in [-0.15, -0.1) is 0 Å². The monoisotopic (exact) mass is 284 g/mol. The fraction of sp³-hybridized carbons (Fsp3) is 0.800. The van der Waals surface area contributed by atoms with Gasteiger partial charge in [-0.2, -0.15) is 11.3 Å². The highest BCUT2D eigenvalue weighted by molar-refractivity contribution is 7.17. The SMILES string of the molecule is CCCC(C)c1c(C)sc(C)[si]1CCCOCC. The van der Waals surface area contributed by atoms with E-state index in [0.717, 1.165) is 19.1 Å². The molecule has 1 aromatic heterocycles. The second kappa shape index (κ2) is 8.23. The summed E-state index contributed by atoms with van der Waals surface area (Å²) >= 11 is 2.06. The van der Waals surface area contributed by atoms with Gasteiger partial charge in [-0.3, -0.25) is 0 Å². The van der Waals surface area contributed by atoms with Gasteiger partial charge in [0.1, 0.15) is 0 Å². The summed E-state index contributed by atoms with van der Waals surface area (Å²) in [6, 6.07) is 1.37. The van der Waals surface area contributed by atoms with E-state index in [0.29, 0.717) is 0 Å². The Kier molecular flexibility index (Phi) is 7.35. The Morgan fingerprint density at radius 2 is 2.00 bits per heavy atom. The number of aryl methyl sites for hydroxylation is 2. The molecule has 0 saturated carbocycles. The molecule has 0 radical (unpaired) electrons. The Morgan fingerprint density at radius 1 is 1.28 bits per heavy atom. The van der Waals surface area contributed by atoms with Gasteiger partial charge in [-0.05, 0) is 55.2 Å². The Labute approximate surface area is 118 Å². The first kappa shape index (κ1) is 16.1. The molecule has 0 amide bonds. The normalized spacial score (nSPS) is 12.9. The zero-order valence-corrected chi connectivity index (χ0v) is 14.5. The van der Waals surface area contributed by atoms with Crippen molar-refractivity contribution in [3.63, 3.8) is 0 Å². The van der Waals surface area contributed by atoms with E-state index < -0.39 is 8.40 Å². The summed E-state index contributed by atoms with van der Waals surface area (Å²) in [5.41, 5.74) is 0. The standard InChI is InChI=1S/C15H28OSSi/c1-6-9-12(3)15-13(4)17-14(5)18(15)11-8-10-16-7-2/h12H,6-11H2,1-5H3. The molecule has 1 rings (SSSR count). The van der Waals surface area contributed by atoms with E-state index in [-0.39, 0.29) is 0 Å².